The first-order valence-electron chi connectivity index (χ1n) is 6.29. The molecule has 18 heavy (non-hydrogen) atoms. The van der Waals surface area contributed by atoms with Crippen molar-refractivity contribution in [1.82, 2.24) is 15.6 Å². The third-order valence-corrected chi connectivity index (χ3v) is 3.21. The van der Waals surface area contributed by atoms with Gasteiger partial charge in [0, 0.05) is 12.7 Å². The standard InChI is InChI=1S/C13H19N3O2/c1-18-13-11(3-2-6-16-13)12(17)15-8-5-10-4-7-14-9-10/h2-3,6,10,14H,4-5,7-9H2,1H3,(H,15,17). The number of hydrogen-bond donors (Lipinski definition) is 2. The Balaban J connectivity index is 1.83. The summed E-state index contributed by atoms with van der Waals surface area (Å²) in [6.07, 6.45) is 3.83. The van der Waals surface area contributed by atoms with Crippen molar-refractivity contribution in [2.24, 2.45) is 5.92 Å². The average Bonchev–Trinajstić information content (AvgIpc) is 2.91. The first-order valence-corrected chi connectivity index (χ1v) is 6.29. The number of hydrogen-bond acceptors (Lipinski definition) is 4. The van der Waals surface area contributed by atoms with Crippen LogP contribution in [0.15, 0.2) is 18.3 Å². The van der Waals surface area contributed by atoms with Crippen molar-refractivity contribution in [1.29, 1.82) is 0 Å². The summed E-state index contributed by atoms with van der Waals surface area (Å²) in [5.74, 6) is 0.935. The van der Waals surface area contributed by atoms with E-state index in [2.05, 4.69) is 15.6 Å². The van der Waals surface area contributed by atoms with Crippen LogP contribution in [0, 0.1) is 5.92 Å². The fourth-order valence-corrected chi connectivity index (χ4v) is 2.17. The molecule has 5 nitrogen and oxygen atoms in total. The number of methoxy groups -OCH3 is 1. The number of rotatable bonds is 5. The SMILES string of the molecule is COc1ncccc1C(=O)NCCC1CCNC1. The molecule has 1 aliphatic rings. The van der Waals surface area contributed by atoms with Gasteiger partial charge in [-0.25, -0.2) is 4.98 Å². The molecule has 1 fully saturated rings. The highest BCUT2D eigenvalue weighted by atomic mass is 16.5. The molecule has 1 saturated heterocycles. The molecule has 0 bridgehead atoms. The topological polar surface area (TPSA) is 63.2 Å². The quantitative estimate of drug-likeness (QED) is 0.811. The Hall–Kier alpha value is -1.62. The fraction of sp³-hybridized carbons (Fsp3) is 0.538. The molecule has 1 aliphatic heterocycles. The van der Waals surface area contributed by atoms with Gasteiger partial charge in [-0.1, -0.05) is 0 Å². The molecule has 2 N–H and O–H groups in total. The van der Waals surface area contributed by atoms with E-state index in [9.17, 15) is 4.79 Å². The van der Waals surface area contributed by atoms with E-state index in [0.717, 1.165) is 19.5 Å². The lowest BCUT2D eigenvalue weighted by molar-refractivity contribution is 0.0948. The lowest BCUT2D eigenvalue weighted by Crippen LogP contribution is -2.27. The van der Waals surface area contributed by atoms with Crippen LogP contribution in [-0.2, 0) is 0 Å². The zero-order chi connectivity index (χ0) is 12.8. The van der Waals surface area contributed by atoms with Crippen LogP contribution in [-0.4, -0.2) is 37.6 Å². The molecule has 1 aromatic heterocycles. The van der Waals surface area contributed by atoms with Gasteiger partial charge in [-0.2, -0.15) is 0 Å². The molecule has 0 aromatic carbocycles. The summed E-state index contributed by atoms with van der Waals surface area (Å²) in [5, 5.41) is 6.23. The Morgan fingerprint density at radius 2 is 2.56 bits per heavy atom. The molecule has 1 amide bonds. The first kappa shape index (κ1) is 12.8. The third kappa shape index (κ3) is 3.20. The number of ether oxygens (including phenoxy) is 1. The van der Waals surface area contributed by atoms with E-state index >= 15 is 0 Å². The van der Waals surface area contributed by atoms with Gasteiger partial charge in [0.2, 0.25) is 5.88 Å². The van der Waals surface area contributed by atoms with Crippen LogP contribution in [0.3, 0.4) is 0 Å². The molecule has 0 spiro atoms. The molecule has 2 heterocycles. The van der Waals surface area contributed by atoms with E-state index in [1.165, 1.54) is 13.5 Å². The smallest absolute Gasteiger partial charge is 0.256 e. The van der Waals surface area contributed by atoms with Crippen molar-refractivity contribution in [2.75, 3.05) is 26.7 Å². The van der Waals surface area contributed by atoms with Gasteiger partial charge < -0.3 is 15.4 Å². The van der Waals surface area contributed by atoms with Gasteiger partial charge in [-0.05, 0) is 44.0 Å². The second-order valence-corrected chi connectivity index (χ2v) is 4.46. The van der Waals surface area contributed by atoms with Crippen LogP contribution in [0.1, 0.15) is 23.2 Å². The normalized spacial score (nSPS) is 18.6. The lowest BCUT2D eigenvalue weighted by atomic mass is 10.1. The second-order valence-electron chi connectivity index (χ2n) is 4.46. The van der Waals surface area contributed by atoms with Crippen LogP contribution in [0.2, 0.25) is 0 Å². The molecule has 1 unspecified atom stereocenters. The maximum absolute atomic E-state index is 12.0. The van der Waals surface area contributed by atoms with E-state index < -0.39 is 0 Å². The zero-order valence-corrected chi connectivity index (χ0v) is 10.6. The molecule has 0 aliphatic carbocycles. The fourth-order valence-electron chi connectivity index (χ4n) is 2.17. The van der Waals surface area contributed by atoms with Crippen LogP contribution in [0.4, 0.5) is 0 Å². The summed E-state index contributed by atoms with van der Waals surface area (Å²) in [5.41, 5.74) is 0.490. The number of nitrogens with one attached hydrogen (secondary N) is 2. The summed E-state index contributed by atoms with van der Waals surface area (Å²) in [7, 11) is 1.52. The molecule has 1 atom stereocenters. The minimum atomic E-state index is -0.120. The summed E-state index contributed by atoms with van der Waals surface area (Å²) in [6, 6.07) is 3.45. The Kier molecular flexibility index (Phi) is 4.52. The van der Waals surface area contributed by atoms with Crippen LogP contribution in [0.25, 0.3) is 0 Å². The van der Waals surface area contributed by atoms with Crippen molar-refractivity contribution in [3.05, 3.63) is 23.9 Å². The molecule has 5 heteroatoms. The van der Waals surface area contributed by atoms with Gasteiger partial charge in [0.1, 0.15) is 5.56 Å². The molecule has 0 radical (unpaired) electrons. The summed E-state index contributed by atoms with van der Waals surface area (Å²) < 4.78 is 5.06. The van der Waals surface area contributed by atoms with Gasteiger partial charge in [0.15, 0.2) is 0 Å². The van der Waals surface area contributed by atoms with E-state index in [1.807, 2.05) is 0 Å². The minimum absolute atomic E-state index is 0.120. The Labute approximate surface area is 107 Å². The predicted molar refractivity (Wildman–Crippen MR) is 68.7 cm³/mol. The Morgan fingerprint density at radius 3 is 3.28 bits per heavy atom. The van der Waals surface area contributed by atoms with Gasteiger partial charge in [-0.15, -0.1) is 0 Å². The monoisotopic (exact) mass is 249 g/mol. The van der Waals surface area contributed by atoms with Crippen LogP contribution in [0.5, 0.6) is 5.88 Å². The van der Waals surface area contributed by atoms with Crippen molar-refractivity contribution in [2.45, 2.75) is 12.8 Å². The largest absolute Gasteiger partial charge is 0.480 e. The Morgan fingerprint density at radius 1 is 1.67 bits per heavy atom. The predicted octanol–water partition coefficient (Wildman–Crippen LogP) is 0.820. The molecule has 98 valence electrons. The van der Waals surface area contributed by atoms with Gasteiger partial charge in [0.25, 0.3) is 5.91 Å². The maximum Gasteiger partial charge on any atom is 0.256 e. The Bertz CT molecular complexity index is 403. The van der Waals surface area contributed by atoms with E-state index in [4.69, 9.17) is 4.74 Å². The number of pyridine rings is 1. The lowest BCUT2D eigenvalue weighted by Gasteiger charge is -2.10. The van der Waals surface area contributed by atoms with E-state index in [1.54, 1.807) is 18.3 Å². The average molecular weight is 249 g/mol. The molecular weight excluding hydrogens is 230 g/mol. The number of aromatic nitrogens is 1. The molecule has 2 rings (SSSR count). The highest BCUT2D eigenvalue weighted by molar-refractivity contribution is 5.96. The van der Waals surface area contributed by atoms with Gasteiger partial charge in [-0.3, -0.25) is 4.79 Å². The van der Waals surface area contributed by atoms with E-state index in [-0.39, 0.29) is 5.91 Å². The third-order valence-electron chi connectivity index (χ3n) is 3.21. The number of nitrogens with zero attached hydrogens (tertiary/aromatic N) is 1. The first-order chi connectivity index (χ1) is 8.81. The highest BCUT2D eigenvalue weighted by Gasteiger charge is 2.16. The summed E-state index contributed by atoms with van der Waals surface area (Å²) in [6.45, 7) is 2.85. The van der Waals surface area contributed by atoms with Gasteiger partial charge >= 0.3 is 0 Å². The van der Waals surface area contributed by atoms with Crippen LogP contribution < -0.4 is 15.4 Å². The summed E-state index contributed by atoms with van der Waals surface area (Å²) >= 11 is 0. The number of carbonyl (C=O) groups excluding carboxylic acids is 1. The number of carbonyl (C=O) groups is 1. The van der Waals surface area contributed by atoms with Crippen molar-refractivity contribution >= 4 is 5.91 Å². The van der Waals surface area contributed by atoms with Crippen LogP contribution >= 0.6 is 0 Å². The maximum atomic E-state index is 12.0. The zero-order valence-electron chi connectivity index (χ0n) is 10.6. The van der Waals surface area contributed by atoms with Crippen molar-refractivity contribution in [3.63, 3.8) is 0 Å². The molecular formula is C13H19N3O2. The van der Waals surface area contributed by atoms with Gasteiger partial charge in [0.05, 0.1) is 7.11 Å². The second kappa shape index (κ2) is 6.35. The summed E-state index contributed by atoms with van der Waals surface area (Å²) in [4.78, 5) is 16.0. The minimum Gasteiger partial charge on any atom is -0.480 e. The molecule has 0 saturated carbocycles. The van der Waals surface area contributed by atoms with E-state index in [0.29, 0.717) is 23.9 Å². The van der Waals surface area contributed by atoms with Crippen molar-refractivity contribution in [3.8, 4) is 5.88 Å². The number of amides is 1. The molecule has 1 aromatic rings. The highest BCUT2D eigenvalue weighted by Crippen LogP contribution is 2.14. The van der Waals surface area contributed by atoms with Crippen molar-refractivity contribution < 1.29 is 9.53 Å².